The Labute approximate surface area is 139 Å². The number of hydrogen-bond donors (Lipinski definition) is 1. The lowest BCUT2D eigenvalue weighted by Crippen LogP contribution is -2.23. The van der Waals surface area contributed by atoms with Gasteiger partial charge >= 0.3 is 0 Å². The smallest absolute Gasteiger partial charge is 0.138 e. The summed E-state index contributed by atoms with van der Waals surface area (Å²) in [6.45, 7) is 5.15. The maximum atomic E-state index is 4.48. The molecular weight excluding hydrogens is 284 g/mol. The fourth-order valence-electron chi connectivity index (χ4n) is 3.30. The normalized spacial score (nSPS) is 15.4. The van der Waals surface area contributed by atoms with E-state index in [0.717, 1.165) is 18.2 Å². The Morgan fingerprint density at radius 3 is 2.70 bits per heavy atom. The zero-order valence-corrected chi connectivity index (χ0v) is 14.1. The largest absolute Gasteiger partial charge is 0.367 e. The summed E-state index contributed by atoms with van der Waals surface area (Å²) in [4.78, 5) is 11.1. The van der Waals surface area contributed by atoms with Gasteiger partial charge in [-0.2, -0.15) is 0 Å². The quantitative estimate of drug-likeness (QED) is 0.870. The number of nitrogens with one attached hydrogen (secondary N) is 1. The van der Waals surface area contributed by atoms with Gasteiger partial charge in [0.25, 0.3) is 0 Å². The van der Waals surface area contributed by atoms with Gasteiger partial charge in [-0.05, 0) is 44.4 Å². The van der Waals surface area contributed by atoms with Crippen LogP contribution in [0.2, 0.25) is 0 Å². The minimum atomic E-state index is 0.556. The summed E-state index contributed by atoms with van der Waals surface area (Å²) < 4.78 is 0. The van der Waals surface area contributed by atoms with Crippen LogP contribution in [0, 0.1) is 6.92 Å². The number of anilines is 3. The Balaban J connectivity index is 1.79. The van der Waals surface area contributed by atoms with E-state index >= 15 is 0 Å². The van der Waals surface area contributed by atoms with Crippen molar-refractivity contribution in [3.8, 4) is 0 Å². The first kappa shape index (κ1) is 15.8. The van der Waals surface area contributed by atoms with Crippen molar-refractivity contribution in [1.82, 2.24) is 9.97 Å². The molecule has 1 aliphatic rings. The molecule has 2 aromatic rings. The molecule has 1 aromatic carbocycles. The summed E-state index contributed by atoms with van der Waals surface area (Å²) >= 11 is 0. The molecule has 0 aliphatic heterocycles. The Bertz CT molecular complexity index is 635. The van der Waals surface area contributed by atoms with Crippen molar-refractivity contribution in [2.45, 2.75) is 52.0 Å². The summed E-state index contributed by atoms with van der Waals surface area (Å²) in [6, 6.07) is 11.2. The van der Waals surface area contributed by atoms with Crippen molar-refractivity contribution in [3.05, 3.63) is 42.2 Å². The lowest BCUT2D eigenvalue weighted by Gasteiger charge is -2.25. The topological polar surface area (TPSA) is 41.0 Å². The van der Waals surface area contributed by atoms with E-state index in [1.807, 2.05) is 0 Å². The number of rotatable bonds is 5. The number of aryl methyl sites for hydroxylation is 1. The van der Waals surface area contributed by atoms with E-state index in [1.165, 1.54) is 43.4 Å². The van der Waals surface area contributed by atoms with Crippen LogP contribution < -0.4 is 10.2 Å². The summed E-state index contributed by atoms with van der Waals surface area (Å²) in [7, 11) is 0. The van der Waals surface area contributed by atoms with Crippen LogP contribution >= 0.6 is 0 Å². The van der Waals surface area contributed by atoms with Crippen LogP contribution in [-0.4, -0.2) is 22.6 Å². The lowest BCUT2D eigenvalue weighted by atomic mass is 9.95. The summed E-state index contributed by atoms with van der Waals surface area (Å²) in [6.07, 6.45) is 8.16. The molecule has 3 rings (SSSR count). The molecule has 23 heavy (non-hydrogen) atoms. The maximum absolute atomic E-state index is 4.48. The number of hydrogen-bond acceptors (Lipinski definition) is 4. The number of nitrogens with zero attached hydrogens (tertiary/aromatic N) is 3. The molecule has 0 atom stereocenters. The fraction of sp³-hybridized carbons (Fsp3) is 0.474. The Kier molecular flexibility index (Phi) is 5.11. The van der Waals surface area contributed by atoms with Crippen molar-refractivity contribution >= 4 is 17.3 Å². The van der Waals surface area contributed by atoms with Crippen LogP contribution in [-0.2, 0) is 0 Å². The molecule has 0 bridgehead atoms. The van der Waals surface area contributed by atoms with Crippen LogP contribution in [0.1, 0.15) is 44.6 Å². The van der Waals surface area contributed by atoms with E-state index in [2.05, 4.69) is 64.4 Å². The highest BCUT2D eigenvalue weighted by atomic mass is 15.2. The molecule has 0 spiro atoms. The highest BCUT2D eigenvalue weighted by Gasteiger charge is 2.15. The van der Waals surface area contributed by atoms with Crippen LogP contribution in [0.5, 0.6) is 0 Å². The second kappa shape index (κ2) is 7.44. The molecule has 1 fully saturated rings. The molecule has 0 unspecified atom stereocenters. The fourth-order valence-corrected chi connectivity index (χ4v) is 3.30. The second-order valence-corrected chi connectivity index (χ2v) is 6.32. The minimum absolute atomic E-state index is 0.556. The maximum Gasteiger partial charge on any atom is 0.138 e. The lowest BCUT2D eigenvalue weighted by molar-refractivity contribution is 0.462. The second-order valence-electron chi connectivity index (χ2n) is 6.32. The van der Waals surface area contributed by atoms with Crippen LogP contribution in [0.3, 0.4) is 0 Å². The van der Waals surface area contributed by atoms with E-state index in [1.54, 1.807) is 6.33 Å². The van der Waals surface area contributed by atoms with Crippen LogP contribution in [0.25, 0.3) is 0 Å². The Morgan fingerprint density at radius 1 is 1.13 bits per heavy atom. The SMILES string of the molecule is CCN(c1cccc(C)c1)c1cc(NC2CCCCC2)ncn1. The van der Waals surface area contributed by atoms with E-state index in [4.69, 9.17) is 0 Å². The molecular formula is C19H26N4. The van der Waals surface area contributed by atoms with Gasteiger partial charge in [0.2, 0.25) is 0 Å². The molecule has 0 saturated heterocycles. The van der Waals surface area contributed by atoms with Crippen LogP contribution in [0.15, 0.2) is 36.7 Å². The van der Waals surface area contributed by atoms with Crippen molar-refractivity contribution in [1.29, 1.82) is 0 Å². The van der Waals surface area contributed by atoms with Gasteiger partial charge in [-0.15, -0.1) is 0 Å². The molecule has 4 nitrogen and oxygen atoms in total. The molecule has 1 N–H and O–H groups in total. The highest BCUT2D eigenvalue weighted by molar-refractivity contribution is 5.62. The molecule has 4 heteroatoms. The third kappa shape index (κ3) is 4.01. The van der Waals surface area contributed by atoms with Crippen LogP contribution in [0.4, 0.5) is 17.3 Å². The van der Waals surface area contributed by atoms with E-state index in [0.29, 0.717) is 6.04 Å². The van der Waals surface area contributed by atoms with Gasteiger partial charge in [0, 0.05) is 24.3 Å². The van der Waals surface area contributed by atoms with Gasteiger partial charge in [0.1, 0.15) is 18.0 Å². The van der Waals surface area contributed by atoms with Gasteiger partial charge < -0.3 is 10.2 Å². The van der Waals surface area contributed by atoms with Gasteiger partial charge in [0.05, 0.1) is 0 Å². The third-order valence-electron chi connectivity index (χ3n) is 4.52. The average molecular weight is 310 g/mol. The van der Waals surface area contributed by atoms with Gasteiger partial charge in [-0.1, -0.05) is 31.4 Å². The molecule has 122 valence electrons. The zero-order valence-electron chi connectivity index (χ0n) is 14.1. The van der Waals surface area contributed by atoms with Gasteiger partial charge in [0.15, 0.2) is 0 Å². The number of aromatic nitrogens is 2. The Morgan fingerprint density at radius 2 is 1.96 bits per heavy atom. The van der Waals surface area contributed by atoms with E-state index < -0.39 is 0 Å². The number of benzene rings is 1. The molecule has 1 saturated carbocycles. The van der Waals surface area contributed by atoms with Gasteiger partial charge in [-0.25, -0.2) is 9.97 Å². The molecule has 0 amide bonds. The van der Waals surface area contributed by atoms with E-state index in [-0.39, 0.29) is 0 Å². The first-order valence-electron chi connectivity index (χ1n) is 8.69. The predicted octanol–water partition coefficient (Wildman–Crippen LogP) is 4.69. The standard InChI is InChI=1S/C19H26N4/c1-3-23(17-11-7-8-15(2)12-17)19-13-18(20-14-21-19)22-16-9-5-4-6-10-16/h7-8,11-14,16H,3-6,9-10H2,1-2H3,(H,20,21,22). The van der Waals surface area contributed by atoms with E-state index in [9.17, 15) is 0 Å². The highest BCUT2D eigenvalue weighted by Crippen LogP contribution is 2.26. The zero-order chi connectivity index (χ0) is 16.1. The van der Waals surface area contributed by atoms with Crippen molar-refractivity contribution in [2.75, 3.05) is 16.8 Å². The molecule has 1 aromatic heterocycles. The average Bonchev–Trinajstić information content (AvgIpc) is 2.57. The molecule has 0 radical (unpaired) electrons. The predicted molar refractivity (Wildman–Crippen MR) is 96.4 cm³/mol. The summed E-state index contributed by atoms with van der Waals surface area (Å²) in [5.74, 6) is 1.89. The summed E-state index contributed by atoms with van der Waals surface area (Å²) in [5, 5.41) is 3.59. The first-order chi connectivity index (χ1) is 11.3. The Hall–Kier alpha value is -2.10. The van der Waals surface area contributed by atoms with Crippen molar-refractivity contribution < 1.29 is 0 Å². The summed E-state index contributed by atoms with van der Waals surface area (Å²) in [5.41, 5.74) is 2.44. The molecule has 1 aliphatic carbocycles. The third-order valence-corrected chi connectivity index (χ3v) is 4.52. The minimum Gasteiger partial charge on any atom is -0.367 e. The van der Waals surface area contributed by atoms with Crippen molar-refractivity contribution in [3.63, 3.8) is 0 Å². The first-order valence-corrected chi connectivity index (χ1v) is 8.69. The van der Waals surface area contributed by atoms with Gasteiger partial charge in [-0.3, -0.25) is 0 Å². The van der Waals surface area contributed by atoms with Crippen molar-refractivity contribution in [2.24, 2.45) is 0 Å². The monoisotopic (exact) mass is 310 g/mol. The molecule has 1 heterocycles.